The molecule has 1 aromatic rings. The highest BCUT2D eigenvalue weighted by atomic mass is 16.7. The number of carbonyl (C=O) groups excluding carboxylic acids is 1. The molecule has 3 nitrogen and oxygen atoms in total. The van der Waals surface area contributed by atoms with E-state index in [2.05, 4.69) is 38.1 Å². The van der Waals surface area contributed by atoms with Gasteiger partial charge in [-0.05, 0) is 44.6 Å². The number of fused-ring (bicyclic) bond motifs is 1. The van der Waals surface area contributed by atoms with Crippen LogP contribution in [0, 0.1) is 6.92 Å². The van der Waals surface area contributed by atoms with Crippen molar-refractivity contribution < 1.29 is 14.3 Å². The third-order valence-corrected chi connectivity index (χ3v) is 5.10. The molecule has 1 heterocycles. The molecular weight excluding hydrogens is 276 g/mol. The second-order valence-corrected chi connectivity index (χ2v) is 6.67. The van der Waals surface area contributed by atoms with Gasteiger partial charge in [-0.2, -0.15) is 0 Å². The van der Waals surface area contributed by atoms with Crippen LogP contribution in [0.15, 0.2) is 24.3 Å². The normalized spacial score (nSPS) is 29.7. The highest BCUT2D eigenvalue weighted by molar-refractivity contribution is 5.85. The molecule has 1 aromatic carbocycles. The first kappa shape index (κ1) is 15.5. The third kappa shape index (κ3) is 2.45. The molecule has 1 saturated carbocycles. The first-order chi connectivity index (χ1) is 10.6. The van der Waals surface area contributed by atoms with Crippen LogP contribution in [0.25, 0.3) is 0 Å². The molecule has 1 aliphatic heterocycles. The molecule has 0 amide bonds. The van der Waals surface area contributed by atoms with E-state index in [1.807, 2.05) is 0 Å². The molecule has 1 aliphatic carbocycles. The molecule has 2 atom stereocenters. The number of hydrogen-bond donors (Lipinski definition) is 0. The SMILES string of the molecule is CCCCCOC(=O)C12CCCCC1(c1ccc(C)cc1)O2. The van der Waals surface area contributed by atoms with Crippen molar-refractivity contribution in [1.82, 2.24) is 0 Å². The van der Waals surface area contributed by atoms with E-state index in [4.69, 9.17) is 9.47 Å². The van der Waals surface area contributed by atoms with Crippen LogP contribution in [0.5, 0.6) is 0 Å². The van der Waals surface area contributed by atoms with Crippen molar-refractivity contribution in [3.8, 4) is 0 Å². The van der Waals surface area contributed by atoms with Gasteiger partial charge in [-0.1, -0.05) is 49.6 Å². The quantitative estimate of drug-likeness (QED) is 0.447. The number of esters is 1. The molecule has 1 saturated heterocycles. The van der Waals surface area contributed by atoms with Crippen molar-refractivity contribution in [1.29, 1.82) is 0 Å². The number of carbonyl (C=O) groups is 1. The standard InChI is InChI=1S/C19H26O3/c1-3-4-7-14-21-17(20)19-13-6-5-12-18(19,22-19)16-10-8-15(2)9-11-16/h8-11H,3-7,12-14H2,1-2H3. The maximum absolute atomic E-state index is 12.6. The summed E-state index contributed by atoms with van der Waals surface area (Å²) in [6.07, 6.45) is 7.02. The van der Waals surface area contributed by atoms with Crippen molar-refractivity contribution in [2.45, 2.75) is 70.0 Å². The summed E-state index contributed by atoms with van der Waals surface area (Å²) in [5.74, 6) is -0.149. The molecule has 2 unspecified atom stereocenters. The first-order valence-corrected chi connectivity index (χ1v) is 8.59. The van der Waals surface area contributed by atoms with Crippen LogP contribution >= 0.6 is 0 Å². The van der Waals surface area contributed by atoms with E-state index in [0.29, 0.717) is 6.61 Å². The zero-order valence-corrected chi connectivity index (χ0v) is 13.7. The lowest BCUT2D eigenvalue weighted by atomic mass is 9.75. The Morgan fingerprint density at radius 2 is 1.91 bits per heavy atom. The van der Waals surface area contributed by atoms with Crippen molar-refractivity contribution in [2.75, 3.05) is 6.61 Å². The van der Waals surface area contributed by atoms with Crippen molar-refractivity contribution >= 4 is 5.97 Å². The van der Waals surface area contributed by atoms with Crippen LogP contribution < -0.4 is 0 Å². The summed E-state index contributed by atoms with van der Waals surface area (Å²) in [6, 6.07) is 8.40. The summed E-state index contributed by atoms with van der Waals surface area (Å²) in [7, 11) is 0. The van der Waals surface area contributed by atoms with Crippen LogP contribution in [0.1, 0.15) is 63.0 Å². The summed E-state index contributed by atoms with van der Waals surface area (Å²) in [4.78, 5) is 12.6. The topological polar surface area (TPSA) is 38.8 Å². The van der Waals surface area contributed by atoms with Gasteiger partial charge in [0.25, 0.3) is 0 Å². The van der Waals surface area contributed by atoms with Gasteiger partial charge in [0.15, 0.2) is 5.60 Å². The monoisotopic (exact) mass is 302 g/mol. The molecule has 22 heavy (non-hydrogen) atoms. The smallest absolute Gasteiger partial charge is 0.341 e. The van der Waals surface area contributed by atoms with E-state index in [-0.39, 0.29) is 5.97 Å². The van der Waals surface area contributed by atoms with Crippen LogP contribution in [-0.2, 0) is 19.9 Å². The molecule has 0 spiro atoms. The Labute approximate surface area is 133 Å². The zero-order chi connectivity index (χ0) is 15.6. The molecule has 2 fully saturated rings. The van der Waals surface area contributed by atoms with Crippen molar-refractivity contribution in [3.05, 3.63) is 35.4 Å². The van der Waals surface area contributed by atoms with Gasteiger partial charge >= 0.3 is 5.97 Å². The highest BCUT2D eigenvalue weighted by Gasteiger charge is 2.76. The Kier molecular flexibility index (Phi) is 4.26. The Bertz CT molecular complexity index is 536. The molecular formula is C19H26O3. The lowest BCUT2D eigenvalue weighted by Gasteiger charge is -2.24. The van der Waals surface area contributed by atoms with Crippen LogP contribution in [0.4, 0.5) is 0 Å². The maximum Gasteiger partial charge on any atom is 0.341 e. The Hall–Kier alpha value is -1.35. The van der Waals surface area contributed by atoms with Gasteiger partial charge in [-0.15, -0.1) is 0 Å². The Morgan fingerprint density at radius 1 is 1.18 bits per heavy atom. The molecule has 0 N–H and O–H groups in total. The van der Waals surface area contributed by atoms with E-state index in [9.17, 15) is 4.79 Å². The minimum Gasteiger partial charge on any atom is -0.463 e. The molecule has 0 bridgehead atoms. The average Bonchev–Trinajstić information content (AvgIpc) is 3.24. The summed E-state index contributed by atoms with van der Waals surface area (Å²) in [5.41, 5.74) is 1.21. The van der Waals surface area contributed by atoms with Crippen LogP contribution in [0.2, 0.25) is 0 Å². The number of aryl methyl sites for hydroxylation is 1. The van der Waals surface area contributed by atoms with Gasteiger partial charge in [-0.3, -0.25) is 0 Å². The Balaban J connectivity index is 1.74. The van der Waals surface area contributed by atoms with Gasteiger partial charge in [0.1, 0.15) is 5.60 Å². The Morgan fingerprint density at radius 3 is 2.64 bits per heavy atom. The van der Waals surface area contributed by atoms with E-state index in [1.54, 1.807) is 0 Å². The van der Waals surface area contributed by atoms with Crippen LogP contribution in [-0.4, -0.2) is 18.2 Å². The minimum atomic E-state index is -0.716. The predicted octanol–water partition coefficient (Wildman–Crippen LogP) is 4.27. The minimum absolute atomic E-state index is 0.149. The average molecular weight is 302 g/mol. The molecule has 120 valence electrons. The van der Waals surface area contributed by atoms with E-state index < -0.39 is 11.2 Å². The number of benzene rings is 1. The fourth-order valence-electron chi connectivity index (χ4n) is 3.73. The molecule has 0 radical (unpaired) electrons. The van der Waals surface area contributed by atoms with Gasteiger partial charge in [0.05, 0.1) is 6.61 Å². The van der Waals surface area contributed by atoms with E-state index >= 15 is 0 Å². The van der Waals surface area contributed by atoms with Gasteiger partial charge < -0.3 is 9.47 Å². The molecule has 3 rings (SSSR count). The third-order valence-electron chi connectivity index (χ3n) is 5.10. The second-order valence-electron chi connectivity index (χ2n) is 6.67. The zero-order valence-electron chi connectivity index (χ0n) is 13.7. The van der Waals surface area contributed by atoms with Gasteiger partial charge in [-0.25, -0.2) is 4.79 Å². The molecule has 2 aliphatic rings. The lowest BCUT2D eigenvalue weighted by molar-refractivity contribution is -0.150. The molecule has 3 heteroatoms. The fraction of sp³-hybridized carbons (Fsp3) is 0.632. The predicted molar refractivity (Wildman–Crippen MR) is 85.6 cm³/mol. The summed E-state index contributed by atoms with van der Waals surface area (Å²) >= 11 is 0. The highest BCUT2D eigenvalue weighted by Crippen LogP contribution is 2.64. The van der Waals surface area contributed by atoms with E-state index in [1.165, 1.54) is 5.56 Å². The summed E-state index contributed by atoms with van der Waals surface area (Å²) in [5, 5.41) is 0. The lowest BCUT2D eigenvalue weighted by Crippen LogP contribution is -2.37. The summed E-state index contributed by atoms with van der Waals surface area (Å²) < 4.78 is 11.7. The summed E-state index contributed by atoms with van der Waals surface area (Å²) in [6.45, 7) is 4.74. The second kappa shape index (κ2) is 6.04. The van der Waals surface area contributed by atoms with Crippen LogP contribution in [0.3, 0.4) is 0 Å². The van der Waals surface area contributed by atoms with Gasteiger partial charge in [0.2, 0.25) is 0 Å². The van der Waals surface area contributed by atoms with E-state index in [0.717, 1.165) is 50.5 Å². The van der Waals surface area contributed by atoms with Gasteiger partial charge in [0, 0.05) is 0 Å². The first-order valence-electron chi connectivity index (χ1n) is 8.59. The number of hydrogen-bond acceptors (Lipinski definition) is 3. The largest absolute Gasteiger partial charge is 0.463 e. The number of ether oxygens (including phenoxy) is 2. The van der Waals surface area contributed by atoms with Crippen molar-refractivity contribution in [2.24, 2.45) is 0 Å². The van der Waals surface area contributed by atoms with Crippen molar-refractivity contribution in [3.63, 3.8) is 0 Å². The maximum atomic E-state index is 12.6. The molecule has 0 aromatic heterocycles. The fourth-order valence-corrected chi connectivity index (χ4v) is 3.73. The number of unbranched alkanes of at least 4 members (excludes halogenated alkanes) is 2. The number of epoxide rings is 1. The number of rotatable bonds is 6.